The second-order valence-corrected chi connectivity index (χ2v) is 4.92. The summed E-state index contributed by atoms with van der Waals surface area (Å²) in [5.74, 6) is -0.452. The molecule has 0 radical (unpaired) electrons. The highest BCUT2D eigenvalue weighted by Crippen LogP contribution is 2.29. The molecule has 0 spiro atoms. The third-order valence-corrected chi connectivity index (χ3v) is 2.23. The van der Waals surface area contributed by atoms with Crippen molar-refractivity contribution in [3.8, 4) is 5.75 Å². The quantitative estimate of drug-likeness (QED) is 0.370. The number of nitrogens with two attached hydrogens (primary N) is 1. The molecule has 0 saturated heterocycles. The van der Waals surface area contributed by atoms with Gasteiger partial charge in [-0.1, -0.05) is 6.07 Å². The van der Waals surface area contributed by atoms with Crippen molar-refractivity contribution in [2.75, 3.05) is 5.73 Å². The van der Waals surface area contributed by atoms with Gasteiger partial charge in [0.25, 0.3) is 0 Å². The molecule has 0 fully saturated rings. The smallest absolute Gasteiger partial charge is 0.316 e. The fourth-order valence-electron chi connectivity index (χ4n) is 1.19. The van der Waals surface area contributed by atoms with Crippen molar-refractivity contribution in [3.63, 3.8) is 0 Å². The molecule has 1 aromatic rings. The van der Waals surface area contributed by atoms with Crippen molar-refractivity contribution >= 4 is 17.4 Å². The molecule has 0 atom stereocenters. The lowest BCUT2D eigenvalue weighted by molar-refractivity contribution is -0.142. The van der Waals surface area contributed by atoms with E-state index in [0.717, 1.165) is 0 Å². The molecule has 2 N–H and O–H groups in total. The summed E-state index contributed by atoms with van der Waals surface area (Å²) in [6, 6.07) is 4.84. The van der Waals surface area contributed by atoms with E-state index in [2.05, 4.69) is 0 Å². The van der Waals surface area contributed by atoms with Gasteiger partial charge in [-0.15, -0.1) is 0 Å². The third-order valence-electron chi connectivity index (χ3n) is 2.23. The standard InChI is InChI=1S/C13H17NO3/c1-8(15)9-6-5-7-10(14)11(9)17-12(16)13(2,3)4/h5-7H,14H2,1-4H3. The normalized spacial score (nSPS) is 11.1. The first kappa shape index (κ1) is 13.2. The first-order valence-corrected chi connectivity index (χ1v) is 5.35. The largest absolute Gasteiger partial charge is 0.423 e. The molecule has 0 saturated carbocycles. The Morgan fingerprint density at radius 1 is 1.24 bits per heavy atom. The first-order chi connectivity index (χ1) is 7.73. The highest BCUT2D eigenvalue weighted by Gasteiger charge is 2.26. The van der Waals surface area contributed by atoms with E-state index in [1.807, 2.05) is 0 Å². The van der Waals surface area contributed by atoms with Gasteiger partial charge in [-0.05, 0) is 39.8 Å². The second kappa shape index (κ2) is 4.57. The molecule has 1 rings (SSSR count). The van der Waals surface area contributed by atoms with Crippen LogP contribution in [0.5, 0.6) is 5.75 Å². The summed E-state index contributed by atoms with van der Waals surface area (Å²) in [5.41, 5.74) is 5.69. The molecule has 0 amide bonds. The van der Waals surface area contributed by atoms with E-state index in [4.69, 9.17) is 10.5 Å². The van der Waals surface area contributed by atoms with Gasteiger partial charge < -0.3 is 10.5 Å². The van der Waals surface area contributed by atoms with Crippen molar-refractivity contribution < 1.29 is 14.3 Å². The van der Waals surface area contributed by atoms with Crippen molar-refractivity contribution in [1.82, 2.24) is 0 Å². The molecule has 1 aromatic carbocycles. The summed E-state index contributed by atoms with van der Waals surface area (Å²) < 4.78 is 5.22. The maximum Gasteiger partial charge on any atom is 0.316 e. The Kier molecular flexibility index (Phi) is 3.56. The van der Waals surface area contributed by atoms with E-state index in [9.17, 15) is 9.59 Å². The number of esters is 1. The van der Waals surface area contributed by atoms with E-state index in [1.165, 1.54) is 6.92 Å². The van der Waals surface area contributed by atoms with E-state index in [-0.39, 0.29) is 17.2 Å². The Balaban J connectivity index is 3.14. The fourth-order valence-corrected chi connectivity index (χ4v) is 1.19. The molecular weight excluding hydrogens is 218 g/mol. The fraction of sp³-hybridized carbons (Fsp3) is 0.385. The molecule has 0 aromatic heterocycles. The first-order valence-electron chi connectivity index (χ1n) is 5.35. The minimum Gasteiger partial charge on any atom is -0.423 e. The predicted octanol–water partition coefficient (Wildman–Crippen LogP) is 2.42. The Labute approximate surface area is 101 Å². The molecule has 4 nitrogen and oxygen atoms in total. The molecule has 0 heterocycles. The number of para-hydroxylation sites is 1. The zero-order chi connectivity index (χ0) is 13.2. The number of Topliss-reactive ketones (excluding diaryl/α,β-unsaturated/α-hetero) is 1. The molecule has 0 bridgehead atoms. The Hall–Kier alpha value is -1.84. The Morgan fingerprint density at radius 3 is 2.29 bits per heavy atom. The van der Waals surface area contributed by atoms with E-state index < -0.39 is 11.4 Å². The molecule has 0 aliphatic heterocycles. The van der Waals surface area contributed by atoms with Crippen LogP contribution < -0.4 is 10.5 Å². The van der Waals surface area contributed by atoms with E-state index in [1.54, 1.807) is 39.0 Å². The van der Waals surface area contributed by atoms with Crippen LogP contribution >= 0.6 is 0 Å². The van der Waals surface area contributed by atoms with Crippen molar-refractivity contribution in [2.24, 2.45) is 5.41 Å². The number of hydrogen-bond donors (Lipinski definition) is 1. The third kappa shape index (κ3) is 3.06. The van der Waals surface area contributed by atoms with Gasteiger partial charge in [0.1, 0.15) is 0 Å². The van der Waals surface area contributed by atoms with Crippen LogP contribution in [0, 0.1) is 5.41 Å². The van der Waals surface area contributed by atoms with Gasteiger partial charge in [0.15, 0.2) is 11.5 Å². The molecule has 0 aliphatic carbocycles. The van der Waals surface area contributed by atoms with Gasteiger partial charge in [-0.25, -0.2) is 0 Å². The number of benzene rings is 1. The summed E-state index contributed by atoms with van der Waals surface area (Å²) in [4.78, 5) is 23.2. The SMILES string of the molecule is CC(=O)c1cccc(N)c1OC(=O)C(C)(C)C. The number of carbonyl (C=O) groups is 2. The monoisotopic (exact) mass is 235 g/mol. The molecule has 0 aliphatic rings. The van der Waals surface area contributed by atoms with Crippen LogP contribution in [0.25, 0.3) is 0 Å². The zero-order valence-corrected chi connectivity index (χ0v) is 10.5. The number of rotatable bonds is 2. The lowest BCUT2D eigenvalue weighted by atomic mass is 9.97. The average Bonchev–Trinajstić information content (AvgIpc) is 2.18. The molecule has 17 heavy (non-hydrogen) atoms. The van der Waals surface area contributed by atoms with Gasteiger partial charge >= 0.3 is 5.97 Å². The molecule has 4 heteroatoms. The van der Waals surface area contributed by atoms with Crippen LogP contribution in [-0.4, -0.2) is 11.8 Å². The number of ketones is 1. The van der Waals surface area contributed by atoms with E-state index >= 15 is 0 Å². The number of ether oxygens (including phenoxy) is 1. The van der Waals surface area contributed by atoms with Gasteiger partial charge in [-0.3, -0.25) is 9.59 Å². The molecular formula is C13H17NO3. The Bertz CT molecular complexity index is 458. The minimum atomic E-state index is -0.643. The van der Waals surface area contributed by atoms with Crippen LogP contribution in [0.2, 0.25) is 0 Å². The van der Waals surface area contributed by atoms with Gasteiger partial charge in [0.2, 0.25) is 0 Å². The highest BCUT2D eigenvalue weighted by molar-refractivity contribution is 5.99. The van der Waals surface area contributed by atoms with Crippen LogP contribution in [0.4, 0.5) is 5.69 Å². The van der Waals surface area contributed by atoms with E-state index in [0.29, 0.717) is 5.56 Å². The van der Waals surface area contributed by atoms with Gasteiger partial charge in [0, 0.05) is 0 Å². The topological polar surface area (TPSA) is 69.4 Å². The molecule has 92 valence electrons. The van der Waals surface area contributed by atoms with Crippen molar-refractivity contribution in [2.45, 2.75) is 27.7 Å². The zero-order valence-electron chi connectivity index (χ0n) is 10.5. The molecule has 0 unspecified atom stereocenters. The summed E-state index contributed by atoms with van der Waals surface area (Å²) in [6.45, 7) is 6.62. The second-order valence-electron chi connectivity index (χ2n) is 4.92. The summed E-state index contributed by atoms with van der Waals surface area (Å²) in [6.07, 6.45) is 0. The van der Waals surface area contributed by atoms with Crippen molar-refractivity contribution in [1.29, 1.82) is 0 Å². The maximum absolute atomic E-state index is 11.8. The summed E-state index contributed by atoms with van der Waals surface area (Å²) >= 11 is 0. The summed E-state index contributed by atoms with van der Waals surface area (Å²) in [5, 5.41) is 0. The van der Waals surface area contributed by atoms with Gasteiger partial charge in [-0.2, -0.15) is 0 Å². The van der Waals surface area contributed by atoms with Crippen LogP contribution in [-0.2, 0) is 4.79 Å². The lowest BCUT2D eigenvalue weighted by Crippen LogP contribution is -2.26. The van der Waals surface area contributed by atoms with Crippen LogP contribution in [0.3, 0.4) is 0 Å². The lowest BCUT2D eigenvalue weighted by Gasteiger charge is -2.18. The maximum atomic E-state index is 11.8. The van der Waals surface area contributed by atoms with Gasteiger partial charge in [0.05, 0.1) is 16.7 Å². The number of nitrogen functional groups attached to an aromatic ring is 1. The number of carbonyl (C=O) groups excluding carboxylic acids is 2. The summed E-state index contributed by atoms with van der Waals surface area (Å²) in [7, 11) is 0. The minimum absolute atomic E-state index is 0.153. The number of hydrogen-bond acceptors (Lipinski definition) is 4. The van der Waals surface area contributed by atoms with Crippen LogP contribution in [0.1, 0.15) is 38.1 Å². The highest BCUT2D eigenvalue weighted by atomic mass is 16.5. The van der Waals surface area contributed by atoms with Crippen molar-refractivity contribution in [3.05, 3.63) is 23.8 Å². The number of anilines is 1. The Morgan fingerprint density at radius 2 is 1.82 bits per heavy atom. The average molecular weight is 235 g/mol. The van der Waals surface area contributed by atoms with Crippen LogP contribution in [0.15, 0.2) is 18.2 Å². The predicted molar refractivity (Wildman–Crippen MR) is 65.9 cm³/mol.